The molecule has 2 aromatic carbocycles. The molecule has 1 fully saturated rings. The number of carbonyl (C=O) groups excluding carboxylic acids is 2. The largest absolute Gasteiger partial charge is 0.480 e. The minimum atomic E-state index is -1.42. The topological polar surface area (TPSA) is 136 Å². The van der Waals surface area contributed by atoms with Crippen LogP contribution in [0.1, 0.15) is 54.0 Å². The van der Waals surface area contributed by atoms with Crippen molar-refractivity contribution in [2.75, 3.05) is 5.32 Å². The number of nitrogens with zero attached hydrogens (tertiary/aromatic N) is 1. The van der Waals surface area contributed by atoms with E-state index in [1.54, 1.807) is 12.1 Å². The Morgan fingerprint density at radius 1 is 1.16 bits per heavy atom. The van der Waals surface area contributed by atoms with Crippen LogP contribution in [0.3, 0.4) is 0 Å². The molecule has 1 aliphatic heterocycles. The molecule has 0 unspecified atom stereocenters. The molecule has 1 aromatic heterocycles. The Kier molecular flexibility index (Phi) is 6.07. The molecule has 192 valence electrons. The first-order valence-corrected chi connectivity index (χ1v) is 12.2. The number of aromatic nitrogens is 2. The van der Waals surface area contributed by atoms with Crippen molar-refractivity contribution in [2.45, 2.75) is 52.7 Å². The van der Waals surface area contributed by atoms with Crippen molar-refractivity contribution in [2.24, 2.45) is 5.41 Å². The van der Waals surface area contributed by atoms with E-state index in [0.29, 0.717) is 40.7 Å². The van der Waals surface area contributed by atoms with E-state index in [1.165, 1.54) is 18.2 Å². The molecule has 9 nitrogen and oxygen atoms in total. The van der Waals surface area contributed by atoms with Gasteiger partial charge in [0.05, 0.1) is 11.3 Å². The maximum absolute atomic E-state index is 15.3. The molecule has 0 radical (unpaired) electrons. The number of aryl methyl sites for hydroxylation is 1. The highest BCUT2D eigenvalue weighted by atomic mass is 19.1. The van der Waals surface area contributed by atoms with Crippen molar-refractivity contribution >= 4 is 23.5 Å². The lowest BCUT2D eigenvalue weighted by Gasteiger charge is -2.14. The molecule has 2 amide bonds. The van der Waals surface area contributed by atoms with Gasteiger partial charge < -0.3 is 26.0 Å². The van der Waals surface area contributed by atoms with Gasteiger partial charge >= 0.3 is 5.97 Å². The zero-order valence-electron chi connectivity index (χ0n) is 20.8. The second-order valence-electron chi connectivity index (χ2n) is 9.93. The molecule has 0 bridgehead atoms. The van der Waals surface area contributed by atoms with Crippen LogP contribution in [0.4, 0.5) is 10.1 Å². The van der Waals surface area contributed by atoms with Crippen LogP contribution in [0, 0.1) is 18.2 Å². The van der Waals surface area contributed by atoms with Crippen molar-refractivity contribution in [3.8, 4) is 22.5 Å². The van der Waals surface area contributed by atoms with Gasteiger partial charge in [-0.1, -0.05) is 19.9 Å². The number of imidazole rings is 1. The number of halogens is 1. The van der Waals surface area contributed by atoms with Gasteiger partial charge in [-0.05, 0) is 55.2 Å². The quantitative estimate of drug-likeness (QED) is 0.296. The summed E-state index contributed by atoms with van der Waals surface area (Å²) in [5.74, 6) is -2.10. The smallest absolute Gasteiger partial charge is 0.319 e. The molecule has 2 aliphatic rings. The molecule has 0 atom stereocenters. The highest BCUT2D eigenvalue weighted by Crippen LogP contribution is 2.47. The van der Waals surface area contributed by atoms with Gasteiger partial charge in [0.1, 0.15) is 17.1 Å². The van der Waals surface area contributed by atoms with Crippen LogP contribution in [0.15, 0.2) is 30.3 Å². The number of aliphatic carboxylic acids is 1. The first-order valence-electron chi connectivity index (χ1n) is 12.2. The number of nitrogens with one attached hydrogen (secondary N) is 4. The monoisotopic (exact) mass is 505 g/mol. The number of amides is 2. The molecular weight excluding hydrogens is 477 g/mol. The van der Waals surface area contributed by atoms with Crippen molar-refractivity contribution in [3.63, 3.8) is 0 Å². The third-order valence-electron chi connectivity index (χ3n) is 7.00. The molecule has 37 heavy (non-hydrogen) atoms. The standard InChI is InChI=1S/C27H28FN5O4/c1-13(2)29-12-21-14(3)31-23(33-21)18-7-6-16(19-11-30-24(34)22(18)19)17-5-4-15(10-20(17)28)32-25(35)27(8-9-27)26(36)37/h4-7,10,13,29H,8-9,11-12H2,1-3H3,(H,30,34)(H,31,33)(H,32,35)(H,36,37). The van der Waals surface area contributed by atoms with Gasteiger partial charge in [-0.3, -0.25) is 14.4 Å². The molecule has 1 aliphatic carbocycles. The zero-order chi connectivity index (χ0) is 26.5. The minimum Gasteiger partial charge on any atom is -0.480 e. The Balaban J connectivity index is 1.46. The Morgan fingerprint density at radius 2 is 1.86 bits per heavy atom. The summed E-state index contributed by atoms with van der Waals surface area (Å²) >= 11 is 0. The van der Waals surface area contributed by atoms with E-state index in [0.717, 1.165) is 11.4 Å². The zero-order valence-corrected chi connectivity index (χ0v) is 20.8. The molecule has 0 spiro atoms. The molecule has 2 heterocycles. The van der Waals surface area contributed by atoms with E-state index in [4.69, 9.17) is 4.98 Å². The summed E-state index contributed by atoms with van der Waals surface area (Å²) in [6.45, 7) is 6.88. The molecular formula is C27H28FN5O4. The van der Waals surface area contributed by atoms with E-state index >= 15 is 4.39 Å². The fourth-order valence-electron chi connectivity index (χ4n) is 4.62. The number of aromatic amines is 1. The summed E-state index contributed by atoms with van der Waals surface area (Å²) in [6, 6.07) is 8.04. The van der Waals surface area contributed by atoms with Gasteiger partial charge in [0.2, 0.25) is 5.91 Å². The van der Waals surface area contributed by atoms with Gasteiger partial charge in [-0.15, -0.1) is 0 Å². The summed E-state index contributed by atoms with van der Waals surface area (Å²) < 4.78 is 15.3. The number of carboxylic acid groups (broad SMARTS) is 1. The van der Waals surface area contributed by atoms with Crippen LogP contribution < -0.4 is 16.0 Å². The van der Waals surface area contributed by atoms with Crippen molar-refractivity contribution in [1.82, 2.24) is 20.6 Å². The predicted octanol–water partition coefficient (Wildman–Crippen LogP) is 3.74. The minimum absolute atomic E-state index is 0.176. The number of benzene rings is 2. The van der Waals surface area contributed by atoms with Crippen LogP contribution in [0.25, 0.3) is 22.5 Å². The maximum atomic E-state index is 15.3. The Morgan fingerprint density at radius 3 is 2.51 bits per heavy atom. The summed E-state index contributed by atoms with van der Waals surface area (Å²) in [5, 5.41) is 18.0. The average molecular weight is 506 g/mol. The van der Waals surface area contributed by atoms with Gasteiger partial charge in [0.25, 0.3) is 5.91 Å². The Hall–Kier alpha value is -4.05. The summed E-state index contributed by atoms with van der Waals surface area (Å²) in [6.07, 6.45) is 0.526. The van der Waals surface area contributed by atoms with Crippen LogP contribution in [-0.4, -0.2) is 38.9 Å². The number of hydrogen-bond donors (Lipinski definition) is 5. The van der Waals surface area contributed by atoms with E-state index in [2.05, 4.69) is 34.8 Å². The molecule has 5 N–H and O–H groups in total. The lowest BCUT2D eigenvalue weighted by molar-refractivity contribution is -0.147. The van der Waals surface area contributed by atoms with E-state index in [-0.39, 0.29) is 36.5 Å². The lowest BCUT2D eigenvalue weighted by Crippen LogP contribution is -2.31. The number of rotatable bonds is 8. The fourth-order valence-corrected chi connectivity index (χ4v) is 4.62. The van der Waals surface area contributed by atoms with Gasteiger partial charge in [-0.2, -0.15) is 0 Å². The Labute approximate surface area is 212 Å². The third kappa shape index (κ3) is 4.37. The first kappa shape index (κ1) is 24.6. The van der Waals surface area contributed by atoms with Gasteiger partial charge in [0.15, 0.2) is 0 Å². The van der Waals surface area contributed by atoms with Crippen LogP contribution >= 0.6 is 0 Å². The second-order valence-corrected chi connectivity index (χ2v) is 9.93. The summed E-state index contributed by atoms with van der Waals surface area (Å²) in [4.78, 5) is 44.6. The SMILES string of the molecule is Cc1[nH]c(-c2ccc(-c3ccc(NC(=O)C4(C(=O)O)CC4)cc3F)c3c2C(=O)NC3)nc1CNC(C)C. The fraction of sp³-hybridized carbons (Fsp3) is 0.333. The van der Waals surface area contributed by atoms with Crippen LogP contribution in [-0.2, 0) is 22.7 Å². The molecule has 0 saturated heterocycles. The van der Waals surface area contributed by atoms with Crippen molar-refractivity contribution in [1.29, 1.82) is 0 Å². The highest BCUT2D eigenvalue weighted by Gasteiger charge is 2.57. The van der Waals surface area contributed by atoms with E-state index in [1.807, 2.05) is 6.92 Å². The second kappa shape index (κ2) is 9.11. The van der Waals surface area contributed by atoms with Crippen LogP contribution in [0.2, 0.25) is 0 Å². The third-order valence-corrected chi connectivity index (χ3v) is 7.00. The maximum Gasteiger partial charge on any atom is 0.319 e. The summed E-state index contributed by atoms with van der Waals surface area (Å²) in [7, 11) is 0. The predicted molar refractivity (Wildman–Crippen MR) is 135 cm³/mol. The number of anilines is 1. The van der Waals surface area contributed by atoms with Crippen LogP contribution in [0.5, 0.6) is 0 Å². The number of carboxylic acids is 1. The number of H-pyrrole nitrogens is 1. The first-order chi connectivity index (χ1) is 17.6. The number of fused-ring (bicyclic) bond motifs is 1. The molecule has 10 heteroatoms. The Bertz CT molecular complexity index is 1440. The van der Waals surface area contributed by atoms with E-state index in [9.17, 15) is 19.5 Å². The average Bonchev–Trinajstić information content (AvgIpc) is 3.47. The molecule has 1 saturated carbocycles. The van der Waals surface area contributed by atoms with E-state index < -0.39 is 23.1 Å². The van der Waals surface area contributed by atoms with Crippen molar-refractivity contribution < 1.29 is 23.9 Å². The lowest BCUT2D eigenvalue weighted by atomic mass is 9.92. The molecule has 5 rings (SSSR count). The summed E-state index contributed by atoms with van der Waals surface area (Å²) in [5.41, 5.74) is 3.09. The van der Waals surface area contributed by atoms with Gasteiger partial charge in [0, 0.05) is 41.6 Å². The number of carbonyl (C=O) groups is 3. The normalized spacial score (nSPS) is 15.4. The molecule has 3 aromatic rings. The highest BCUT2D eigenvalue weighted by molar-refractivity contribution is 6.11. The van der Waals surface area contributed by atoms with Crippen molar-refractivity contribution in [3.05, 3.63) is 58.7 Å². The number of hydrogen-bond acceptors (Lipinski definition) is 5. The van der Waals surface area contributed by atoms with Gasteiger partial charge in [-0.25, -0.2) is 9.37 Å².